The predicted molar refractivity (Wildman–Crippen MR) is 56.9 cm³/mol. The molecule has 0 rings (SSSR count). The number of hydrogen-bond acceptors (Lipinski definition) is 4. The highest BCUT2D eigenvalue weighted by molar-refractivity contribution is 5.50. The number of rotatable bonds is 3. The van der Waals surface area contributed by atoms with Crippen LogP contribution in [0.25, 0.3) is 0 Å². The Bertz CT molecular complexity index is 465. The first kappa shape index (κ1) is 13.2. The van der Waals surface area contributed by atoms with Gasteiger partial charge in [-0.2, -0.15) is 21.0 Å². The van der Waals surface area contributed by atoms with E-state index < -0.39 is 5.92 Å². The van der Waals surface area contributed by atoms with Crippen LogP contribution in [0.15, 0.2) is 35.5 Å². The fraction of sp³-hybridized carbons (Fsp3) is 0.167. The summed E-state index contributed by atoms with van der Waals surface area (Å²) < 4.78 is 0. The molecule has 0 N–H and O–H groups in total. The van der Waals surface area contributed by atoms with Crippen molar-refractivity contribution in [3.8, 4) is 24.3 Å². The fourth-order valence-corrected chi connectivity index (χ4v) is 0.871. The highest BCUT2D eigenvalue weighted by Crippen LogP contribution is 2.09. The van der Waals surface area contributed by atoms with E-state index in [0.717, 1.165) is 0 Å². The molecule has 0 fully saturated rings. The highest BCUT2D eigenvalue weighted by Gasteiger charge is 2.02. The van der Waals surface area contributed by atoms with E-state index in [2.05, 4.69) is 0 Å². The summed E-state index contributed by atoms with van der Waals surface area (Å²) in [6.07, 6.45) is 6.02. The standard InChI is InChI=1S/C12H8N4/c1-2-3-11(12(8-15)9-16)5-4-10(6-13)7-14/h2-5,10H,1H3/b3-2-,5-4-. The lowest BCUT2D eigenvalue weighted by Crippen LogP contribution is -1.87. The second-order valence-electron chi connectivity index (χ2n) is 2.65. The molecule has 0 bridgehead atoms. The average molecular weight is 208 g/mol. The maximum Gasteiger partial charge on any atom is 0.151 e. The van der Waals surface area contributed by atoms with Gasteiger partial charge >= 0.3 is 0 Å². The summed E-state index contributed by atoms with van der Waals surface area (Å²) in [6, 6.07) is 7.02. The molecule has 0 saturated heterocycles. The molecule has 16 heavy (non-hydrogen) atoms. The van der Waals surface area contributed by atoms with Crippen LogP contribution < -0.4 is 0 Å². The Morgan fingerprint density at radius 1 is 1.00 bits per heavy atom. The Morgan fingerprint density at radius 3 is 1.94 bits per heavy atom. The molecule has 0 atom stereocenters. The first-order chi connectivity index (χ1) is 7.73. The minimum Gasteiger partial charge on any atom is -0.197 e. The summed E-state index contributed by atoms with van der Waals surface area (Å²) in [5.41, 5.74) is 0.340. The summed E-state index contributed by atoms with van der Waals surface area (Å²) in [6.45, 7) is 1.74. The van der Waals surface area contributed by atoms with Gasteiger partial charge in [-0.15, -0.1) is 0 Å². The molecule has 0 aromatic carbocycles. The van der Waals surface area contributed by atoms with E-state index in [-0.39, 0.29) is 5.57 Å². The summed E-state index contributed by atoms with van der Waals surface area (Å²) in [5, 5.41) is 34.4. The summed E-state index contributed by atoms with van der Waals surface area (Å²) in [5.74, 6) is -0.876. The molecule has 4 nitrogen and oxygen atoms in total. The van der Waals surface area contributed by atoms with Gasteiger partial charge in [0, 0.05) is 5.57 Å². The predicted octanol–water partition coefficient (Wildman–Crippen LogP) is 2.13. The molecule has 76 valence electrons. The van der Waals surface area contributed by atoms with Crippen molar-refractivity contribution in [1.82, 2.24) is 0 Å². The molecule has 0 amide bonds. The van der Waals surface area contributed by atoms with Crippen molar-refractivity contribution in [3.63, 3.8) is 0 Å². The van der Waals surface area contributed by atoms with Crippen molar-refractivity contribution in [1.29, 1.82) is 21.0 Å². The minimum atomic E-state index is -0.876. The number of nitriles is 4. The van der Waals surface area contributed by atoms with Crippen LogP contribution >= 0.6 is 0 Å². The van der Waals surface area contributed by atoms with E-state index in [4.69, 9.17) is 21.0 Å². The smallest absolute Gasteiger partial charge is 0.151 e. The van der Waals surface area contributed by atoms with Crippen LogP contribution in [0.1, 0.15) is 6.92 Å². The second-order valence-corrected chi connectivity index (χ2v) is 2.65. The lowest BCUT2D eigenvalue weighted by molar-refractivity contribution is 1.09. The Labute approximate surface area is 94.3 Å². The van der Waals surface area contributed by atoms with Crippen LogP contribution in [0, 0.1) is 51.2 Å². The number of hydrogen-bond donors (Lipinski definition) is 0. The quantitative estimate of drug-likeness (QED) is 0.524. The molecule has 0 aliphatic carbocycles. The minimum absolute atomic E-state index is 0.0519. The van der Waals surface area contributed by atoms with Crippen molar-refractivity contribution in [2.24, 2.45) is 5.92 Å². The Balaban J connectivity index is 5.27. The molecule has 0 aliphatic heterocycles. The lowest BCUT2D eigenvalue weighted by Gasteiger charge is -1.93. The maximum atomic E-state index is 8.67. The molecule has 0 heterocycles. The van der Waals surface area contributed by atoms with E-state index in [0.29, 0.717) is 5.57 Å². The molecule has 0 saturated carbocycles. The van der Waals surface area contributed by atoms with Gasteiger partial charge in [0.05, 0.1) is 12.1 Å². The average Bonchev–Trinajstić information content (AvgIpc) is 2.31. The van der Waals surface area contributed by atoms with Gasteiger partial charge in [0.15, 0.2) is 5.92 Å². The molecular formula is C12H8N4. The van der Waals surface area contributed by atoms with Gasteiger partial charge in [-0.05, 0) is 6.92 Å². The largest absolute Gasteiger partial charge is 0.197 e. The van der Waals surface area contributed by atoms with Crippen molar-refractivity contribution in [2.75, 3.05) is 0 Å². The van der Waals surface area contributed by atoms with Gasteiger partial charge in [-0.3, -0.25) is 0 Å². The molecule has 0 aromatic rings. The van der Waals surface area contributed by atoms with Gasteiger partial charge in [0.2, 0.25) is 0 Å². The first-order valence-electron chi connectivity index (χ1n) is 4.38. The Morgan fingerprint density at radius 2 is 1.56 bits per heavy atom. The van der Waals surface area contributed by atoms with Crippen LogP contribution in [0.3, 0.4) is 0 Å². The molecule has 0 spiro atoms. The topological polar surface area (TPSA) is 95.2 Å². The van der Waals surface area contributed by atoms with Gasteiger partial charge in [0.1, 0.15) is 17.7 Å². The monoisotopic (exact) mass is 208 g/mol. The van der Waals surface area contributed by atoms with Crippen molar-refractivity contribution in [2.45, 2.75) is 6.92 Å². The summed E-state index contributed by atoms with van der Waals surface area (Å²) in [7, 11) is 0. The van der Waals surface area contributed by atoms with Gasteiger partial charge in [-0.25, -0.2) is 0 Å². The van der Waals surface area contributed by atoms with Gasteiger partial charge in [-0.1, -0.05) is 24.3 Å². The summed E-state index contributed by atoms with van der Waals surface area (Å²) in [4.78, 5) is 0. The lowest BCUT2D eigenvalue weighted by atomic mass is 10.1. The van der Waals surface area contributed by atoms with Crippen molar-refractivity contribution < 1.29 is 0 Å². The van der Waals surface area contributed by atoms with E-state index in [9.17, 15) is 0 Å². The molecule has 0 unspecified atom stereocenters. The van der Waals surface area contributed by atoms with Gasteiger partial charge in [0.25, 0.3) is 0 Å². The van der Waals surface area contributed by atoms with Crippen molar-refractivity contribution in [3.05, 3.63) is 35.5 Å². The van der Waals surface area contributed by atoms with Crippen LogP contribution in [0.4, 0.5) is 0 Å². The Hall–Kier alpha value is -2.82. The third-order valence-corrected chi connectivity index (χ3v) is 1.60. The molecule has 4 heteroatoms. The van der Waals surface area contributed by atoms with Crippen LogP contribution in [0.2, 0.25) is 0 Å². The van der Waals surface area contributed by atoms with Crippen molar-refractivity contribution >= 4 is 0 Å². The Kier molecular flexibility index (Phi) is 6.24. The normalized spacial score (nSPS) is 9.38. The molecular weight excluding hydrogens is 200 g/mol. The number of allylic oxidation sites excluding steroid dienone is 6. The van der Waals surface area contributed by atoms with E-state index in [1.54, 1.807) is 43.4 Å². The third-order valence-electron chi connectivity index (χ3n) is 1.60. The SMILES string of the molecule is C/C=C\C(/C=C\C(C#N)C#N)=C(C#N)C#N. The van der Waals surface area contributed by atoms with Crippen LogP contribution in [-0.2, 0) is 0 Å². The number of nitrogens with zero attached hydrogens (tertiary/aromatic N) is 4. The zero-order valence-electron chi connectivity index (χ0n) is 8.68. The molecule has 0 radical (unpaired) electrons. The van der Waals surface area contributed by atoms with Crippen LogP contribution in [0.5, 0.6) is 0 Å². The fourth-order valence-electron chi connectivity index (χ4n) is 0.871. The zero-order chi connectivity index (χ0) is 12.4. The van der Waals surface area contributed by atoms with Gasteiger partial charge < -0.3 is 0 Å². The van der Waals surface area contributed by atoms with E-state index >= 15 is 0 Å². The molecule has 0 aromatic heterocycles. The molecule has 0 aliphatic rings. The van der Waals surface area contributed by atoms with E-state index in [1.807, 2.05) is 0 Å². The zero-order valence-corrected chi connectivity index (χ0v) is 8.68. The maximum absolute atomic E-state index is 8.67. The first-order valence-corrected chi connectivity index (χ1v) is 4.38. The van der Waals surface area contributed by atoms with E-state index in [1.165, 1.54) is 12.2 Å². The second kappa shape index (κ2) is 7.57. The highest BCUT2D eigenvalue weighted by atomic mass is 14.3. The third kappa shape index (κ3) is 3.93. The van der Waals surface area contributed by atoms with Crippen LogP contribution in [-0.4, -0.2) is 0 Å². The summed E-state index contributed by atoms with van der Waals surface area (Å²) >= 11 is 0.